The maximum Gasteiger partial charge on any atom is 0.416 e. The second-order valence-electron chi connectivity index (χ2n) is 3.23. The third-order valence-corrected chi connectivity index (χ3v) is 1.99. The van der Waals surface area contributed by atoms with Crippen molar-refractivity contribution in [3.05, 3.63) is 29.3 Å². The van der Waals surface area contributed by atoms with Crippen molar-refractivity contribution in [1.82, 2.24) is 0 Å². The Labute approximate surface area is 85.0 Å². The highest BCUT2D eigenvalue weighted by Gasteiger charge is 2.31. The normalized spacial score (nSPS) is 13.9. The fraction of sp³-hybridized carbons (Fsp3) is 0.333. The second-order valence-corrected chi connectivity index (χ2v) is 3.23. The second kappa shape index (κ2) is 4.08. The molecule has 3 nitrogen and oxygen atoms in total. The quantitative estimate of drug-likeness (QED) is 0.655. The number of hydrogen-bond donors (Lipinski definition) is 3. The predicted molar refractivity (Wildman–Crippen MR) is 51.8 cm³/mol. The molecule has 0 aliphatic rings. The molecule has 1 atom stereocenters. The van der Waals surface area contributed by atoms with Crippen molar-refractivity contribution in [2.75, 3.05) is 12.3 Å². The third kappa shape index (κ3) is 2.84. The minimum absolute atomic E-state index is 0.0312. The summed E-state index contributed by atoms with van der Waals surface area (Å²) in [6, 6.07) is 2.60. The molecule has 0 saturated heterocycles. The average Bonchev–Trinajstić information content (AvgIpc) is 2.14. The van der Waals surface area contributed by atoms with Gasteiger partial charge in [0.25, 0.3) is 0 Å². The van der Waals surface area contributed by atoms with Crippen molar-refractivity contribution < 1.29 is 13.2 Å². The van der Waals surface area contributed by atoms with Crippen LogP contribution in [0.15, 0.2) is 18.2 Å². The van der Waals surface area contributed by atoms with Crippen LogP contribution in [0.25, 0.3) is 0 Å². The van der Waals surface area contributed by atoms with E-state index in [1.165, 1.54) is 6.07 Å². The number of benzene rings is 1. The Morgan fingerprint density at radius 2 is 1.80 bits per heavy atom. The molecule has 0 spiro atoms. The van der Waals surface area contributed by atoms with E-state index in [1.54, 1.807) is 0 Å². The zero-order valence-corrected chi connectivity index (χ0v) is 7.88. The van der Waals surface area contributed by atoms with Crippen molar-refractivity contribution in [2.45, 2.75) is 12.2 Å². The molecule has 0 aliphatic carbocycles. The summed E-state index contributed by atoms with van der Waals surface area (Å²) < 4.78 is 37.2. The van der Waals surface area contributed by atoms with E-state index in [0.29, 0.717) is 5.56 Å². The zero-order chi connectivity index (χ0) is 11.6. The van der Waals surface area contributed by atoms with E-state index in [4.69, 9.17) is 17.2 Å². The first-order valence-corrected chi connectivity index (χ1v) is 4.28. The number of nitrogens with two attached hydrogens (primary N) is 3. The molecule has 0 radical (unpaired) electrons. The Morgan fingerprint density at radius 1 is 1.20 bits per heavy atom. The molecule has 0 aliphatic heterocycles. The molecule has 15 heavy (non-hydrogen) atoms. The van der Waals surface area contributed by atoms with E-state index in [9.17, 15) is 13.2 Å². The van der Waals surface area contributed by atoms with Crippen LogP contribution < -0.4 is 17.2 Å². The number of anilines is 1. The van der Waals surface area contributed by atoms with Gasteiger partial charge in [-0.3, -0.25) is 0 Å². The summed E-state index contributed by atoms with van der Waals surface area (Å²) in [5.74, 6) is 0. The van der Waals surface area contributed by atoms with Crippen molar-refractivity contribution in [3.63, 3.8) is 0 Å². The zero-order valence-electron chi connectivity index (χ0n) is 7.88. The highest BCUT2D eigenvalue weighted by atomic mass is 19.4. The topological polar surface area (TPSA) is 78.1 Å². The Balaban J connectivity index is 3.17. The van der Waals surface area contributed by atoms with Gasteiger partial charge in [-0.15, -0.1) is 0 Å². The fourth-order valence-electron chi connectivity index (χ4n) is 1.19. The third-order valence-electron chi connectivity index (χ3n) is 1.99. The van der Waals surface area contributed by atoms with E-state index in [1.807, 2.05) is 0 Å². The largest absolute Gasteiger partial charge is 0.416 e. The molecule has 6 N–H and O–H groups in total. The van der Waals surface area contributed by atoms with Crippen molar-refractivity contribution in [3.8, 4) is 0 Å². The van der Waals surface area contributed by atoms with Gasteiger partial charge >= 0.3 is 6.18 Å². The SMILES string of the molecule is NC[C@H](N)c1cc(N)cc(C(F)(F)F)c1. The number of hydrogen-bond acceptors (Lipinski definition) is 3. The molecule has 0 amide bonds. The van der Waals surface area contributed by atoms with Crippen LogP contribution in [0.3, 0.4) is 0 Å². The van der Waals surface area contributed by atoms with Gasteiger partial charge in [0.05, 0.1) is 5.56 Å². The first-order valence-electron chi connectivity index (χ1n) is 4.28. The maximum absolute atomic E-state index is 12.4. The molecule has 1 rings (SSSR count). The summed E-state index contributed by atoms with van der Waals surface area (Å²) >= 11 is 0. The van der Waals surface area contributed by atoms with E-state index in [0.717, 1.165) is 12.1 Å². The molecule has 84 valence electrons. The van der Waals surface area contributed by atoms with Crippen LogP contribution in [0, 0.1) is 0 Å². The van der Waals surface area contributed by atoms with Gasteiger partial charge in [-0.2, -0.15) is 13.2 Å². The Morgan fingerprint density at radius 3 is 2.27 bits per heavy atom. The van der Waals surface area contributed by atoms with Gasteiger partial charge in [-0.1, -0.05) is 0 Å². The lowest BCUT2D eigenvalue weighted by Crippen LogP contribution is -2.21. The molecule has 1 aromatic rings. The lowest BCUT2D eigenvalue weighted by atomic mass is 10.0. The molecular formula is C9H12F3N3. The van der Waals surface area contributed by atoms with Crippen LogP contribution >= 0.6 is 0 Å². The lowest BCUT2D eigenvalue weighted by Gasteiger charge is -2.14. The summed E-state index contributed by atoms with van der Waals surface area (Å²) in [7, 11) is 0. The van der Waals surface area contributed by atoms with Crippen LogP contribution in [0.2, 0.25) is 0 Å². The molecule has 0 bridgehead atoms. The summed E-state index contributed by atoms with van der Waals surface area (Å²) in [4.78, 5) is 0. The molecule has 0 saturated carbocycles. The van der Waals surface area contributed by atoms with Crippen molar-refractivity contribution >= 4 is 5.69 Å². The highest BCUT2D eigenvalue weighted by Crippen LogP contribution is 2.32. The summed E-state index contributed by atoms with van der Waals surface area (Å²) in [6.45, 7) is 0.0702. The number of rotatable bonds is 2. The van der Waals surface area contributed by atoms with Crippen LogP contribution in [0.4, 0.5) is 18.9 Å². The van der Waals surface area contributed by atoms with E-state index >= 15 is 0 Å². The van der Waals surface area contributed by atoms with Crippen molar-refractivity contribution in [2.24, 2.45) is 11.5 Å². The molecule has 6 heteroatoms. The van der Waals surface area contributed by atoms with Gasteiger partial charge in [0.15, 0.2) is 0 Å². The van der Waals surface area contributed by atoms with Crippen molar-refractivity contribution in [1.29, 1.82) is 0 Å². The van der Waals surface area contributed by atoms with E-state index in [-0.39, 0.29) is 12.2 Å². The van der Waals surface area contributed by atoms with E-state index < -0.39 is 17.8 Å². The van der Waals surface area contributed by atoms with Gasteiger partial charge in [0.2, 0.25) is 0 Å². The van der Waals surface area contributed by atoms with Gasteiger partial charge in [-0.05, 0) is 23.8 Å². The minimum Gasteiger partial charge on any atom is -0.399 e. The summed E-state index contributed by atoms with van der Waals surface area (Å²) in [6.07, 6.45) is -4.42. The van der Waals surface area contributed by atoms with Gasteiger partial charge in [0.1, 0.15) is 0 Å². The fourth-order valence-corrected chi connectivity index (χ4v) is 1.19. The number of alkyl halides is 3. The predicted octanol–water partition coefficient (Wildman–Crippen LogP) is 1.25. The number of halogens is 3. The van der Waals surface area contributed by atoms with Gasteiger partial charge in [0, 0.05) is 18.3 Å². The molecular weight excluding hydrogens is 207 g/mol. The average molecular weight is 219 g/mol. The maximum atomic E-state index is 12.4. The van der Waals surface area contributed by atoms with Crippen LogP contribution in [0.1, 0.15) is 17.2 Å². The molecule has 1 aromatic carbocycles. The van der Waals surface area contributed by atoms with Gasteiger partial charge in [-0.25, -0.2) is 0 Å². The lowest BCUT2D eigenvalue weighted by molar-refractivity contribution is -0.137. The summed E-state index contributed by atoms with van der Waals surface area (Å²) in [5.41, 5.74) is 15.7. The molecule has 0 fully saturated rings. The Hall–Kier alpha value is -1.27. The van der Waals surface area contributed by atoms with Crippen LogP contribution in [-0.4, -0.2) is 6.54 Å². The number of nitrogen functional groups attached to an aromatic ring is 1. The van der Waals surface area contributed by atoms with Crippen LogP contribution in [0.5, 0.6) is 0 Å². The Bertz CT molecular complexity index is 349. The standard InChI is InChI=1S/C9H12F3N3/c10-9(11,12)6-1-5(8(15)4-13)2-7(14)3-6/h1-3,8H,4,13-15H2/t8-/m0/s1. The minimum atomic E-state index is -4.42. The molecule has 0 aromatic heterocycles. The Kier molecular flexibility index (Phi) is 3.21. The first-order chi connectivity index (χ1) is 6.84. The van der Waals surface area contributed by atoms with E-state index in [2.05, 4.69) is 0 Å². The monoisotopic (exact) mass is 219 g/mol. The summed E-state index contributed by atoms with van der Waals surface area (Å²) in [5, 5.41) is 0. The smallest absolute Gasteiger partial charge is 0.399 e. The molecule has 0 heterocycles. The highest BCUT2D eigenvalue weighted by molar-refractivity contribution is 5.46. The van der Waals surface area contributed by atoms with Crippen LogP contribution in [-0.2, 0) is 6.18 Å². The molecule has 0 unspecified atom stereocenters. The van der Waals surface area contributed by atoms with Gasteiger partial charge < -0.3 is 17.2 Å². The first kappa shape index (κ1) is 11.8.